The molecular formula is C23H20N2O2S. The van der Waals surface area contributed by atoms with Gasteiger partial charge in [-0.1, -0.05) is 36.4 Å². The molecule has 1 aliphatic heterocycles. The summed E-state index contributed by atoms with van der Waals surface area (Å²) in [5, 5.41) is 4.93. The van der Waals surface area contributed by atoms with E-state index in [-0.39, 0.29) is 11.8 Å². The van der Waals surface area contributed by atoms with Crippen LogP contribution in [0.25, 0.3) is 11.1 Å². The molecule has 2 heterocycles. The van der Waals surface area contributed by atoms with E-state index in [4.69, 9.17) is 0 Å². The topological polar surface area (TPSA) is 49.4 Å². The maximum Gasteiger partial charge on any atom is 0.264 e. The number of hydrogen-bond donors (Lipinski definition) is 1. The lowest BCUT2D eigenvalue weighted by Gasteiger charge is -2.23. The molecule has 0 saturated carbocycles. The summed E-state index contributed by atoms with van der Waals surface area (Å²) < 4.78 is 0. The number of carbonyl (C=O) groups is 2. The molecule has 5 rings (SSSR count). The van der Waals surface area contributed by atoms with Gasteiger partial charge in [0, 0.05) is 12.2 Å². The average Bonchev–Trinajstić information content (AvgIpc) is 3.46. The van der Waals surface area contributed by atoms with Crippen molar-refractivity contribution in [2.45, 2.75) is 25.3 Å². The van der Waals surface area contributed by atoms with Crippen molar-refractivity contribution >= 4 is 28.8 Å². The van der Waals surface area contributed by atoms with Crippen molar-refractivity contribution in [2.24, 2.45) is 0 Å². The van der Waals surface area contributed by atoms with Gasteiger partial charge in [0.1, 0.15) is 6.04 Å². The van der Waals surface area contributed by atoms with E-state index in [1.54, 1.807) is 4.90 Å². The summed E-state index contributed by atoms with van der Waals surface area (Å²) in [5.74, 6) is -0.149. The molecule has 1 N–H and O–H groups in total. The molecule has 140 valence electrons. The number of nitrogens with zero attached hydrogens (tertiary/aromatic N) is 1. The lowest BCUT2D eigenvalue weighted by Crippen LogP contribution is -2.42. The SMILES string of the molecule is O=C(Nc1ccc2c(c1)-c1ccccc1C2)[C@H]1CCCN1C(=O)c1cccs1. The average molecular weight is 388 g/mol. The standard InChI is InChI=1S/C23H20N2O2S/c26-22(20-7-3-11-25(20)23(27)21-8-4-12-28-21)24-17-10-9-16-13-15-5-1-2-6-18(15)19(16)14-17/h1-2,4-6,8-10,12,14,20H,3,7,11,13H2,(H,24,26)/t20-/m1/s1. The molecule has 1 aromatic heterocycles. The number of nitrogens with one attached hydrogen (secondary N) is 1. The molecule has 2 amide bonds. The Hall–Kier alpha value is -2.92. The van der Waals surface area contributed by atoms with E-state index in [2.05, 4.69) is 35.6 Å². The Kier molecular flexibility index (Phi) is 4.24. The monoisotopic (exact) mass is 388 g/mol. The fourth-order valence-electron chi connectivity index (χ4n) is 4.25. The number of rotatable bonds is 3. The van der Waals surface area contributed by atoms with Crippen molar-refractivity contribution in [1.29, 1.82) is 0 Å². The summed E-state index contributed by atoms with van der Waals surface area (Å²) in [6, 6.07) is 17.8. The molecule has 0 spiro atoms. The van der Waals surface area contributed by atoms with Crippen LogP contribution in [0, 0.1) is 0 Å². The molecule has 5 heteroatoms. The summed E-state index contributed by atoms with van der Waals surface area (Å²) in [5.41, 5.74) is 5.82. The molecular weight excluding hydrogens is 368 g/mol. The third-order valence-electron chi connectivity index (χ3n) is 5.61. The van der Waals surface area contributed by atoms with Gasteiger partial charge in [-0.2, -0.15) is 0 Å². The summed E-state index contributed by atoms with van der Waals surface area (Å²) >= 11 is 1.42. The van der Waals surface area contributed by atoms with Crippen molar-refractivity contribution in [1.82, 2.24) is 4.90 Å². The summed E-state index contributed by atoms with van der Waals surface area (Å²) in [6.45, 7) is 0.631. The van der Waals surface area contributed by atoms with E-state index in [0.717, 1.165) is 18.5 Å². The van der Waals surface area contributed by atoms with E-state index in [0.29, 0.717) is 17.8 Å². The van der Waals surface area contributed by atoms with Crippen LogP contribution < -0.4 is 5.32 Å². The Morgan fingerprint density at radius 1 is 1.00 bits per heavy atom. The van der Waals surface area contributed by atoms with Gasteiger partial charge >= 0.3 is 0 Å². The van der Waals surface area contributed by atoms with Crippen molar-refractivity contribution in [3.8, 4) is 11.1 Å². The minimum atomic E-state index is -0.407. The highest BCUT2D eigenvalue weighted by molar-refractivity contribution is 7.12. The van der Waals surface area contributed by atoms with E-state index < -0.39 is 6.04 Å². The first-order valence-electron chi connectivity index (χ1n) is 9.57. The minimum absolute atomic E-state index is 0.0458. The van der Waals surface area contributed by atoms with Gasteiger partial charge in [-0.25, -0.2) is 0 Å². The first-order chi connectivity index (χ1) is 13.7. The molecule has 2 aromatic carbocycles. The Bertz CT molecular complexity index is 1060. The third kappa shape index (κ3) is 2.92. The smallest absolute Gasteiger partial charge is 0.264 e. The number of amides is 2. The number of fused-ring (bicyclic) bond motifs is 3. The highest BCUT2D eigenvalue weighted by Gasteiger charge is 2.35. The van der Waals surface area contributed by atoms with Crippen molar-refractivity contribution in [3.05, 3.63) is 76.0 Å². The predicted molar refractivity (Wildman–Crippen MR) is 112 cm³/mol. The Balaban J connectivity index is 1.36. The highest BCUT2D eigenvalue weighted by atomic mass is 32.1. The van der Waals surface area contributed by atoms with Crippen LogP contribution in [-0.2, 0) is 11.2 Å². The second-order valence-electron chi connectivity index (χ2n) is 7.33. The maximum atomic E-state index is 12.9. The molecule has 0 radical (unpaired) electrons. The Morgan fingerprint density at radius 2 is 1.86 bits per heavy atom. The van der Waals surface area contributed by atoms with Crippen LogP contribution >= 0.6 is 11.3 Å². The molecule has 28 heavy (non-hydrogen) atoms. The fourth-order valence-corrected chi connectivity index (χ4v) is 4.93. The van der Waals surface area contributed by atoms with Crippen LogP contribution in [0.4, 0.5) is 5.69 Å². The van der Waals surface area contributed by atoms with Crippen molar-refractivity contribution < 1.29 is 9.59 Å². The van der Waals surface area contributed by atoms with Gasteiger partial charge in [-0.3, -0.25) is 9.59 Å². The van der Waals surface area contributed by atoms with Crippen LogP contribution in [0.2, 0.25) is 0 Å². The molecule has 2 aliphatic rings. The van der Waals surface area contributed by atoms with Crippen LogP contribution in [0.15, 0.2) is 60.0 Å². The minimum Gasteiger partial charge on any atom is -0.326 e. The maximum absolute atomic E-state index is 12.9. The zero-order chi connectivity index (χ0) is 19.1. The lowest BCUT2D eigenvalue weighted by atomic mass is 10.1. The number of likely N-dealkylation sites (tertiary alicyclic amines) is 1. The molecule has 0 bridgehead atoms. The van der Waals surface area contributed by atoms with Crippen LogP contribution in [-0.4, -0.2) is 29.3 Å². The van der Waals surface area contributed by atoms with E-state index in [1.165, 1.54) is 33.6 Å². The van der Waals surface area contributed by atoms with Gasteiger partial charge in [0.05, 0.1) is 4.88 Å². The molecule has 1 saturated heterocycles. The van der Waals surface area contributed by atoms with Crippen LogP contribution in [0.3, 0.4) is 0 Å². The van der Waals surface area contributed by atoms with Gasteiger partial charge in [-0.05, 0) is 65.1 Å². The number of thiophene rings is 1. The number of hydrogen-bond acceptors (Lipinski definition) is 3. The molecule has 1 atom stereocenters. The second-order valence-corrected chi connectivity index (χ2v) is 8.28. The molecule has 4 nitrogen and oxygen atoms in total. The first kappa shape index (κ1) is 17.2. The van der Waals surface area contributed by atoms with Gasteiger partial charge < -0.3 is 10.2 Å². The summed E-state index contributed by atoms with van der Waals surface area (Å²) in [7, 11) is 0. The highest BCUT2D eigenvalue weighted by Crippen LogP contribution is 2.38. The first-order valence-corrected chi connectivity index (χ1v) is 10.5. The number of benzene rings is 2. The largest absolute Gasteiger partial charge is 0.326 e. The molecule has 0 unspecified atom stereocenters. The fraction of sp³-hybridized carbons (Fsp3) is 0.217. The zero-order valence-corrected chi connectivity index (χ0v) is 16.2. The Morgan fingerprint density at radius 3 is 2.71 bits per heavy atom. The molecule has 1 fully saturated rings. The van der Waals surface area contributed by atoms with Crippen LogP contribution in [0.5, 0.6) is 0 Å². The van der Waals surface area contributed by atoms with Crippen molar-refractivity contribution in [2.75, 3.05) is 11.9 Å². The summed E-state index contributed by atoms with van der Waals surface area (Å²) in [6.07, 6.45) is 2.49. The number of carbonyl (C=O) groups excluding carboxylic acids is 2. The van der Waals surface area contributed by atoms with Gasteiger partial charge in [0.2, 0.25) is 5.91 Å². The quantitative estimate of drug-likeness (QED) is 0.559. The Labute approximate surface area is 167 Å². The van der Waals surface area contributed by atoms with Crippen LogP contribution in [0.1, 0.15) is 33.6 Å². The zero-order valence-electron chi connectivity index (χ0n) is 15.4. The van der Waals surface area contributed by atoms with Gasteiger partial charge in [0.15, 0.2) is 0 Å². The van der Waals surface area contributed by atoms with E-state index in [9.17, 15) is 9.59 Å². The lowest BCUT2D eigenvalue weighted by molar-refractivity contribution is -0.119. The van der Waals surface area contributed by atoms with E-state index in [1.807, 2.05) is 29.6 Å². The van der Waals surface area contributed by atoms with E-state index >= 15 is 0 Å². The van der Waals surface area contributed by atoms with Gasteiger partial charge in [-0.15, -0.1) is 11.3 Å². The van der Waals surface area contributed by atoms with Gasteiger partial charge in [0.25, 0.3) is 5.91 Å². The number of anilines is 1. The normalized spacial score (nSPS) is 17.3. The van der Waals surface area contributed by atoms with Crippen molar-refractivity contribution in [3.63, 3.8) is 0 Å². The molecule has 1 aliphatic carbocycles. The summed E-state index contributed by atoms with van der Waals surface area (Å²) in [4.78, 5) is 28.1. The third-order valence-corrected chi connectivity index (χ3v) is 6.47. The second kappa shape index (κ2) is 6.91. The molecule has 3 aromatic rings. The predicted octanol–water partition coefficient (Wildman–Crippen LogP) is 4.56.